The summed E-state index contributed by atoms with van der Waals surface area (Å²) in [6, 6.07) is 1.73. The third-order valence-corrected chi connectivity index (χ3v) is 2.19. The van der Waals surface area contributed by atoms with E-state index in [1.165, 1.54) is 0 Å². The van der Waals surface area contributed by atoms with Gasteiger partial charge in [-0.3, -0.25) is 4.79 Å². The molecule has 1 aromatic rings. The summed E-state index contributed by atoms with van der Waals surface area (Å²) in [7, 11) is 5.30. The quantitative estimate of drug-likeness (QED) is 0.829. The number of nitrogens with zero attached hydrogens (tertiary/aromatic N) is 3. The van der Waals surface area contributed by atoms with Crippen LogP contribution < -0.4 is 10.2 Å². The molecule has 0 saturated heterocycles. The zero-order chi connectivity index (χ0) is 12.3. The van der Waals surface area contributed by atoms with E-state index in [9.17, 15) is 4.79 Å². The van der Waals surface area contributed by atoms with E-state index in [-0.39, 0.29) is 11.8 Å². The second-order valence-corrected chi connectivity index (χ2v) is 4.11. The number of hydrogen-bond acceptors (Lipinski definition) is 4. The summed E-state index contributed by atoms with van der Waals surface area (Å²) >= 11 is 0. The molecule has 1 rings (SSSR count). The molecule has 1 amide bonds. The van der Waals surface area contributed by atoms with E-state index in [1.54, 1.807) is 18.0 Å². The zero-order valence-corrected chi connectivity index (χ0v) is 10.4. The van der Waals surface area contributed by atoms with Gasteiger partial charge in [0.1, 0.15) is 5.69 Å². The summed E-state index contributed by atoms with van der Waals surface area (Å²) in [4.78, 5) is 21.9. The molecule has 5 heteroatoms. The van der Waals surface area contributed by atoms with Crippen molar-refractivity contribution < 1.29 is 4.79 Å². The second kappa shape index (κ2) is 4.92. The summed E-state index contributed by atoms with van der Waals surface area (Å²) in [5, 5.41) is 2.57. The Hall–Kier alpha value is -1.65. The molecular weight excluding hydrogens is 204 g/mol. The summed E-state index contributed by atoms with van der Waals surface area (Å²) in [6.07, 6.45) is 0. The highest BCUT2D eigenvalue weighted by molar-refractivity contribution is 5.92. The van der Waals surface area contributed by atoms with Crippen molar-refractivity contribution in [2.75, 3.05) is 26.0 Å². The molecule has 1 N–H and O–H groups in total. The van der Waals surface area contributed by atoms with E-state index >= 15 is 0 Å². The Balaban J connectivity index is 3.24. The topological polar surface area (TPSA) is 58.1 Å². The van der Waals surface area contributed by atoms with E-state index < -0.39 is 0 Å². The number of carbonyl (C=O) groups is 1. The van der Waals surface area contributed by atoms with Gasteiger partial charge in [0, 0.05) is 26.8 Å². The average Bonchev–Trinajstić information content (AvgIpc) is 2.27. The van der Waals surface area contributed by atoms with Gasteiger partial charge in [0.25, 0.3) is 5.91 Å². The molecule has 16 heavy (non-hydrogen) atoms. The van der Waals surface area contributed by atoms with Crippen LogP contribution in [0.1, 0.15) is 35.9 Å². The summed E-state index contributed by atoms with van der Waals surface area (Å²) in [6.45, 7) is 4.07. The fraction of sp³-hybridized carbons (Fsp3) is 0.545. The van der Waals surface area contributed by atoms with Crippen LogP contribution in [0.3, 0.4) is 0 Å². The van der Waals surface area contributed by atoms with E-state index in [0.717, 1.165) is 5.69 Å². The van der Waals surface area contributed by atoms with Gasteiger partial charge in [-0.15, -0.1) is 0 Å². The maximum Gasteiger partial charge on any atom is 0.269 e. The van der Waals surface area contributed by atoms with E-state index in [1.807, 2.05) is 27.9 Å². The average molecular weight is 222 g/mol. The minimum absolute atomic E-state index is 0.188. The molecule has 0 atom stereocenters. The van der Waals surface area contributed by atoms with Crippen LogP contribution in [-0.4, -0.2) is 37.0 Å². The Labute approximate surface area is 95.9 Å². The lowest BCUT2D eigenvalue weighted by Crippen LogP contribution is -2.22. The molecule has 0 fully saturated rings. The Morgan fingerprint density at radius 1 is 1.38 bits per heavy atom. The minimum Gasteiger partial charge on any atom is -0.354 e. The van der Waals surface area contributed by atoms with E-state index in [4.69, 9.17) is 0 Å². The molecule has 0 bridgehead atoms. The Morgan fingerprint density at radius 2 is 2.00 bits per heavy atom. The van der Waals surface area contributed by atoms with Crippen LogP contribution in [-0.2, 0) is 0 Å². The molecule has 88 valence electrons. The number of hydrogen-bond donors (Lipinski definition) is 1. The Kier molecular flexibility index (Phi) is 3.82. The monoisotopic (exact) mass is 222 g/mol. The van der Waals surface area contributed by atoms with Crippen LogP contribution in [0.4, 0.5) is 5.95 Å². The maximum absolute atomic E-state index is 11.5. The van der Waals surface area contributed by atoms with E-state index in [2.05, 4.69) is 15.3 Å². The fourth-order valence-electron chi connectivity index (χ4n) is 1.19. The lowest BCUT2D eigenvalue weighted by molar-refractivity contribution is 0.0958. The SMILES string of the molecule is CNC(=O)c1cc(C(C)C)nc(N(C)C)n1. The fourth-order valence-corrected chi connectivity index (χ4v) is 1.19. The van der Waals surface area contributed by atoms with Gasteiger partial charge in [-0.1, -0.05) is 13.8 Å². The Morgan fingerprint density at radius 3 is 2.44 bits per heavy atom. The van der Waals surface area contributed by atoms with Crippen LogP contribution in [0.25, 0.3) is 0 Å². The largest absolute Gasteiger partial charge is 0.354 e. The molecule has 1 heterocycles. The number of carbonyl (C=O) groups excluding carboxylic acids is 1. The van der Waals surface area contributed by atoms with Gasteiger partial charge in [0.05, 0.1) is 0 Å². The minimum atomic E-state index is -0.188. The molecule has 0 aliphatic heterocycles. The highest BCUT2D eigenvalue weighted by Crippen LogP contribution is 2.15. The van der Waals surface area contributed by atoms with Crippen LogP contribution in [0.2, 0.25) is 0 Å². The first kappa shape index (κ1) is 12.4. The molecule has 0 aliphatic carbocycles. The lowest BCUT2D eigenvalue weighted by Gasteiger charge is -2.14. The maximum atomic E-state index is 11.5. The van der Waals surface area contributed by atoms with Crippen molar-refractivity contribution in [2.45, 2.75) is 19.8 Å². The Bertz CT molecular complexity index is 361. The highest BCUT2D eigenvalue weighted by atomic mass is 16.1. The van der Waals surface area contributed by atoms with Crippen molar-refractivity contribution in [1.29, 1.82) is 0 Å². The van der Waals surface area contributed by atoms with Crippen molar-refractivity contribution in [1.82, 2.24) is 15.3 Å². The molecule has 0 saturated carbocycles. The first-order chi connectivity index (χ1) is 7.45. The van der Waals surface area contributed by atoms with Gasteiger partial charge in [-0.2, -0.15) is 0 Å². The summed E-state index contributed by atoms with van der Waals surface area (Å²) in [5.41, 5.74) is 1.28. The van der Waals surface area contributed by atoms with Crippen LogP contribution >= 0.6 is 0 Å². The summed E-state index contributed by atoms with van der Waals surface area (Å²) < 4.78 is 0. The van der Waals surface area contributed by atoms with Crippen LogP contribution in [0.15, 0.2) is 6.07 Å². The second-order valence-electron chi connectivity index (χ2n) is 4.11. The highest BCUT2D eigenvalue weighted by Gasteiger charge is 2.13. The van der Waals surface area contributed by atoms with Gasteiger partial charge in [-0.05, 0) is 12.0 Å². The van der Waals surface area contributed by atoms with E-state index in [0.29, 0.717) is 11.6 Å². The molecule has 0 spiro atoms. The smallest absolute Gasteiger partial charge is 0.269 e. The van der Waals surface area contributed by atoms with Crippen molar-refractivity contribution in [3.63, 3.8) is 0 Å². The lowest BCUT2D eigenvalue weighted by atomic mass is 10.1. The predicted molar refractivity (Wildman–Crippen MR) is 63.8 cm³/mol. The molecule has 0 aliphatic rings. The predicted octanol–water partition coefficient (Wildman–Crippen LogP) is 1.03. The van der Waals surface area contributed by atoms with Crippen LogP contribution in [0, 0.1) is 0 Å². The number of nitrogens with one attached hydrogen (secondary N) is 1. The zero-order valence-electron chi connectivity index (χ0n) is 10.4. The molecule has 0 radical (unpaired) electrons. The first-order valence-electron chi connectivity index (χ1n) is 5.24. The molecular formula is C11H18N4O. The number of aromatic nitrogens is 2. The van der Waals surface area contributed by atoms with Gasteiger partial charge >= 0.3 is 0 Å². The number of amides is 1. The third-order valence-electron chi connectivity index (χ3n) is 2.19. The molecule has 5 nitrogen and oxygen atoms in total. The van der Waals surface area contributed by atoms with Gasteiger partial charge in [0.2, 0.25) is 5.95 Å². The molecule has 0 aromatic carbocycles. The van der Waals surface area contributed by atoms with Crippen molar-refractivity contribution in [2.24, 2.45) is 0 Å². The normalized spacial score (nSPS) is 10.4. The van der Waals surface area contributed by atoms with Gasteiger partial charge < -0.3 is 10.2 Å². The first-order valence-corrected chi connectivity index (χ1v) is 5.24. The number of rotatable bonds is 3. The van der Waals surface area contributed by atoms with Crippen molar-refractivity contribution >= 4 is 11.9 Å². The van der Waals surface area contributed by atoms with Crippen molar-refractivity contribution in [3.8, 4) is 0 Å². The molecule has 1 aromatic heterocycles. The summed E-state index contributed by atoms with van der Waals surface area (Å²) in [5.74, 6) is 0.641. The van der Waals surface area contributed by atoms with Crippen LogP contribution in [0.5, 0.6) is 0 Å². The van der Waals surface area contributed by atoms with Gasteiger partial charge in [-0.25, -0.2) is 9.97 Å². The van der Waals surface area contributed by atoms with Gasteiger partial charge in [0.15, 0.2) is 0 Å². The number of anilines is 1. The van der Waals surface area contributed by atoms with Crippen molar-refractivity contribution in [3.05, 3.63) is 17.5 Å². The standard InChI is InChI=1S/C11H18N4O/c1-7(2)8-6-9(10(16)12-3)14-11(13-8)15(4)5/h6-7H,1-5H3,(H,12,16). The third kappa shape index (κ3) is 2.68. The molecule has 0 unspecified atom stereocenters.